The van der Waals surface area contributed by atoms with E-state index in [1.807, 2.05) is 50.2 Å². The summed E-state index contributed by atoms with van der Waals surface area (Å²) in [5.74, 6) is 0.418. The zero-order valence-electron chi connectivity index (χ0n) is 26.9. The molecule has 44 heavy (non-hydrogen) atoms. The molecule has 7 nitrogen and oxygen atoms in total. The molecule has 2 aromatic rings. The van der Waals surface area contributed by atoms with E-state index < -0.39 is 5.92 Å². The maximum atomic E-state index is 14.0. The Morgan fingerprint density at radius 3 is 2.09 bits per heavy atom. The van der Waals surface area contributed by atoms with Crippen molar-refractivity contribution in [3.8, 4) is 11.5 Å². The van der Waals surface area contributed by atoms with Crippen molar-refractivity contribution >= 4 is 45.8 Å². The number of amides is 1. The number of allylic oxidation sites excluding steroid dienone is 4. The zero-order chi connectivity index (χ0) is 32.0. The van der Waals surface area contributed by atoms with Crippen LogP contribution < -0.4 is 14.8 Å². The molecule has 1 heterocycles. The first-order valence-electron chi connectivity index (χ1n) is 15.5. The lowest BCUT2D eigenvalue weighted by atomic mass is 9.63. The van der Waals surface area contributed by atoms with Crippen molar-refractivity contribution in [3.63, 3.8) is 0 Å². The molecule has 0 bridgehead atoms. The molecule has 0 atom stereocenters. The van der Waals surface area contributed by atoms with Crippen molar-refractivity contribution in [1.29, 1.82) is 0 Å². The fourth-order valence-corrected chi connectivity index (χ4v) is 7.76. The highest BCUT2D eigenvalue weighted by Crippen LogP contribution is 2.55. The molecule has 0 fully saturated rings. The number of aryl methyl sites for hydroxylation is 1. The highest BCUT2D eigenvalue weighted by molar-refractivity contribution is 14.1. The number of rotatable bonds is 8. The number of hydrogen-bond acceptors (Lipinski definition) is 6. The number of carbonyl (C=O) groups is 3. The summed E-state index contributed by atoms with van der Waals surface area (Å²) in [4.78, 5) is 43.0. The quantitative estimate of drug-likeness (QED) is 0.283. The Balaban J connectivity index is 1.57. The van der Waals surface area contributed by atoms with Gasteiger partial charge in [-0.15, -0.1) is 0 Å². The molecule has 0 unspecified atom stereocenters. The molecule has 0 radical (unpaired) electrons. The Bertz CT molecular complexity index is 1530. The van der Waals surface area contributed by atoms with Crippen LogP contribution >= 0.6 is 22.6 Å². The third-order valence-corrected chi connectivity index (χ3v) is 9.45. The SMILES string of the molecule is CCOc1cc(C2C3=C(CC(C)(C)CC3=O)N(CC)C3=C2C(=O)CC(C)(C)C3)cc(I)c1OCC(=O)Nc1cccc(C)c1. The number of nitrogens with zero attached hydrogens (tertiary/aromatic N) is 1. The Kier molecular flexibility index (Phi) is 9.04. The second-order valence-electron chi connectivity index (χ2n) is 13.7. The fraction of sp³-hybridized carbons (Fsp3) is 0.472. The van der Waals surface area contributed by atoms with E-state index in [9.17, 15) is 14.4 Å². The molecule has 234 valence electrons. The Morgan fingerprint density at radius 1 is 0.932 bits per heavy atom. The molecule has 1 aliphatic heterocycles. The van der Waals surface area contributed by atoms with Crippen molar-refractivity contribution in [2.75, 3.05) is 25.1 Å². The lowest BCUT2D eigenvalue weighted by Crippen LogP contribution is -2.44. The Labute approximate surface area is 274 Å². The van der Waals surface area contributed by atoms with Gasteiger partial charge < -0.3 is 19.7 Å². The first-order valence-corrected chi connectivity index (χ1v) is 16.6. The minimum absolute atomic E-state index is 0.102. The van der Waals surface area contributed by atoms with E-state index in [2.05, 4.69) is 67.4 Å². The summed E-state index contributed by atoms with van der Waals surface area (Å²) in [6, 6.07) is 11.5. The maximum absolute atomic E-state index is 14.0. The van der Waals surface area contributed by atoms with Gasteiger partial charge in [-0.1, -0.05) is 39.8 Å². The smallest absolute Gasteiger partial charge is 0.262 e. The van der Waals surface area contributed by atoms with Crippen LogP contribution in [0.2, 0.25) is 0 Å². The van der Waals surface area contributed by atoms with Gasteiger partial charge in [0, 0.05) is 53.5 Å². The molecule has 3 aliphatic rings. The maximum Gasteiger partial charge on any atom is 0.262 e. The number of nitrogens with one attached hydrogen (secondary N) is 1. The summed E-state index contributed by atoms with van der Waals surface area (Å²) >= 11 is 2.20. The largest absolute Gasteiger partial charge is 0.490 e. The molecule has 0 spiro atoms. The molecule has 2 aromatic carbocycles. The molecule has 1 N–H and O–H groups in total. The molecule has 2 aliphatic carbocycles. The van der Waals surface area contributed by atoms with Crippen LogP contribution in [0.3, 0.4) is 0 Å². The van der Waals surface area contributed by atoms with Crippen LogP contribution in [0.25, 0.3) is 0 Å². The number of halogens is 1. The van der Waals surface area contributed by atoms with E-state index in [0.717, 1.165) is 50.1 Å². The van der Waals surface area contributed by atoms with E-state index >= 15 is 0 Å². The first kappa shape index (κ1) is 32.3. The molecular formula is C36H43IN2O5. The van der Waals surface area contributed by atoms with Gasteiger partial charge in [0.25, 0.3) is 5.91 Å². The van der Waals surface area contributed by atoms with Gasteiger partial charge >= 0.3 is 0 Å². The number of carbonyl (C=O) groups excluding carboxylic acids is 3. The average molecular weight is 711 g/mol. The third-order valence-electron chi connectivity index (χ3n) is 8.65. The van der Waals surface area contributed by atoms with E-state index in [0.29, 0.717) is 43.2 Å². The topological polar surface area (TPSA) is 84.9 Å². The zero-order valence-corrected chi connectivity index (χ0v) is 29.0. The van der Waals surface area contributed by atoms with Crippen molar-refractivity contribution in [2.24, 2.45) is 10.8 Å². The van der Waals surface area contributed by atoms with Gasteiger partial charge in [-0.25, -0.2) is 0 Å². The molecular weight excluding hydrogens is 667 g/mol. The van der Waals surface area contributed by atoms with Gasteiger partial charge in [-0.3, -0.25) is 14.4 Å². The number of Topliss-reactive ketones (excluding diaryl/α,β-unsaturated/α-hetero) is 2. The second kappa shape index (κ2) is 12.3. The monoisotopic (exact) mass is 710 g/mol. The Hall–Kier alpha value is -3.14. The van der Waals surface area contributed by atoms with Crippen LogP contribution in [0.4, 0.5) is 5.69 Å². The minimum Gasteiger partial charge on any atom is -0.490 e. The highest BCUT2D eigenvalue weighted by Gasteiger charge is 2.48. The summed E-state index contributed by atoms with van der Waals surface area (Å²) in [5, 5.41) is 2.88. The van der Waals surface area contributed by atoms with Crippen LogP contribution in [0, 0.1) is 21.3 Å². The number of ketones is 2. The predicted octanol–water partition coefficient (Wildman–Crippen LogP) is 7.72. The number of anilines is 1. The van der Waals surface area contributed by atoms with E-state index in [1.54, 1.807) is 0 Å². The summed E-state index contributed by atoms with van der Waals surface area (Å²) in [5.41, 5.74) is 5.84. The van der Waals surface area contributed by atoms with E-state index in [1.165, 1.54) is 0 Å². The van der Waals surface area contributed by atoms with Crippen LogP contribution in [-0.2, 0) is 14.4 Å². The Morgan fingerprint density at radius 2 is 1.55 bits per heavy atom. The fourth-order valence-electron chi connectivity index (χ4n) is 6.98. The summed E-state index contributed by atoms with van der Waals surface area (Å²) in [7, 11) is 0. The number of benzene rings is 2. The van der Waals surface area contributed by atoms with Crippen molar-refractivity contribution in [1.82, 2.24) is 4.90 Å². The standard InChI is InChI=1S/C36H43IN2O5/c1-8-39-25-16-35(4,5)18-27(40)32(25)31(33-26(39)17-36(6,7)19-28(33)41)22-14-24(37)34(29(15-22)43-9-2)44-20-30(42)38-23-12-10-11-21(3)13-23/h10-15,31H,8-9,16-20H2,1-7H3,(H,38,42). The molecule has 5 rings (SSSR count). The molecule has 0 aromatic heterocycles. The molecule has 0 saturated carbocycles. The highest BCUT2D eigenvalue weighted by atomic mass is 127. The van der Waals surface area contributed by atoms with Gasteiger partial charge in [0.2, 0.25) is 0 Å². The van der Waals surface area contributed by atoms with Gasteiger partial charge in [0.1, 0.15) is 0 Å². The van der Waals surface area contributed by atoms with Crippen LogP contribution in [0.1, 0.15) is 84.3 Å². The summed E-state index contributed by atoms with van der Waals surface area (Å²) < 4.78 is 12.9. The number of hydrogen-bond donors (Lipinski definition) is 1. The van der Waals surface area contributed by atoms with Gasteiger partial charge in [0.15, 0.2) is 29.7 Å². The lowest BCUT2D eigenvalue weighted by Gasteiger charge is -2.49. The normalized spacial score (nSPS) is 19.5. The molecule has 8 heteroatoms. The lowest BCUT2D eigenvalue weighted by molar-refractivity contribution is -0.120. The summed E-state index contributed by atoms with van der Waals surface area (Å²) in [6.07, 6.45) is 2.43. The van der Waals surface area contributed by atoms with E-state index in [-0.39, 0.29) is 34.9 Å². The van der Waals surface area contributed by atoms with Gasteiger partial charge in [0.05, 0.1) is 10.2 Å². The van der Waals surface area contributed by atoms with Crippen LogP contribution in [0.5, 0.6) is 11.5 Å². The second-order valence-corrected chi connectivity index (χ2v) is 14.9. The van der Waals surface area contributed by atoms with Crippen molar-refractivity contribution in [3.05, 3.63) is 73.6 Å². The van der Waals surface area contributed by atoms with Gasteiger partial charge in [-0.05, 0) is 102 Å². The average Bonchev–Trinajstić information content (AvgIpc) is 2.90. The number of ether oxygens (including phenoxy) is 2. The summed E-state index contributed by atoms with van der Waals surface area (Å²) in [6.45, 7) is 15.5. The third kappa shape index (κ3) is 6.46. The minimum atomic E-state index is -0.471. The first-order chi connectivity index (χ1) is 20.7. The van der Waals surface area contributed by atoms with Gasteiger partial charge in [-0.2, -0.15) is 0 Å². The van der Waals surface area contributed by atoms with Crippen molar-refractivity contribution in [2.45, 2.75) is 80.1 Å². The molecule has 1 amide bonds. The predicted molar refractivity (Wildman–Crippen MR) is 181 cm³/mol. The molecule has 0 saturated heterocycles. The van der Waals surface area contributed by atoms with Crippen molar-refractivity contribution < 1.29 is 23.9 Å². The van der Waals surface area contributed by atoms with Crippen LogP contribution in [-0.4, -0.2) is 42.1 Å². The van der Waals surface area contributed by atoms with E-state index in [4.69, 9.17) is 9.47 Å². The van der Waals surface area contributed by atoms with Crippen LogP contribution in [0.15, 0.2) is 58.9 Å².